The number of H-pyrrole nitrogens is 1. The molecule has 112 valence electrons. The van der Waals surface area contributed by atoms with E-state index in [9.17, 15) is 4.79 Å². The van der Waals surface area contributed by atoms with Gasteiger partial charge in [-0.1, -0.05) is 30.9 Å². The predicted octanol–water partition coefficient (Wildman–Crippen LogP) is 3.57. The van der Waals surface area contributed by atoms with E-state index in [1.54, 1.807) is 0 Å². The zero-order valence-corrected chi connectivity index (χ0v) is 13.0. The Morgan fingerprint density at radius 1 is 1.14 bits per heavy atom. The summed E-state index contributed by atoms with van der Waals surface area (Å²) >= 11 is 0. The third-order valence-electron chi connectivity index (χ3n) is 4.56. The first-order valence-corrected chi connectivity index (χ1v) is 8.00. The minimum absolute atomic E-state index is 0.0396. The molecule has 0 bridgehead atoms. The molecule has 21 heavy (non-hydrogen) atoms. The second-order valence-corrected chi connectivity index (χ2v) is 6.39. The molecule has 3 heteroatoms. The first-order valence-electron chi connectivity index (χ1n) is 8.00. The van der Waals surface area contributed by atoms with Gasteiger partial charge in [0, 0.05) is 18.2 Å². The zero-order valence-electron chi connectivity index (χ0n) is 13.0. The first kappa shape index (κ1) is 14.3. The number of pyridine rings is 1. The van der Waals surface area contributed by atoms with Gasteiger partial charge in [0.05, 0.1) is 5.52 Å². The summed E-state index contributed by atoms with van der Waals surface area (Å²) in [5.41, 5.74) is 4.22. The molecule has 2 N–H and O–H groups in total. The topological polar surface area (TPSA) is 44.9 Å². The lowest BCUT2D eigenvalue weighted by atomic mass is 9.95. The number of aromatic amines is 1. The van der Waals surface area contributed by atoms with Crippen molar-refractivity contribution >= 4 is 10.9 Å². The van der Waals surface area contributed by atoms with Gasteiger partial charge < -0.3 is 10.3 Å². The minimum Gasteiger partial charge on any atom is -0.321 e. The Kier molecular flexibility index (Phi) is 4.11. The van der Waals surface area contributed by atoms with Crippen LogP contribution in [0.2, 0.25) is 0 Å². The van der Waals surface area contributed by atoms with E-state index in [1.165, 1.54) is 37.7 Å². The van der Waals surface area contributed by atoms with E-state index in [4.69, 9.17) is 0 Å². The van der Waals surface area contributed by atoms with Crippen LogP contribution in [-0.4, -0.2) is 11.0 Å². The van der Waals surface area contributed by atoms with E-state index in [-0.39, 0.29) is 5.56 Å². The highest BCUT2D eigenvalue weighted by molar-refractivity contribution is 5.82. The number of nitrogens with one attached hydrogen (secondary N) is 2. The Morgan fingerprint density at radius 2 is 1.90 bits per heavy atom. The molecule has 1 saturated carbocycles. The molecule has 3 rings (SSSR count). The zero-order chi connectivity index (χ0) is 14.8. The summed E-state index contributed by atoms with van der Waals surface area (Å²) in [6.07, 6.45) is 6.45. The van der Waals surface area contributed by atoms with Crippen LogP contribution in [0.5, 0.6) is 0 Å². The highest BCUT2D eigenvalue weighted by Crippen LogP contribution is 2.19. The molecule has 2 aromatic rings. The number of rotatable bonds is 3. The lowest BCUT2D eigenvalue weighted by Crippen LogP contribution is -2.32. The average Bonchev–Trinajstić information content (AvgIpc) is 2.47. The van der Waals surface area contributed by atoms with Gasteiger partial charge >= 0.3 is 0 Å². The standard InChI is InChI=1S/C18H24N2O/c1-12-8-13(2)17-14(9-12)10-15(18(21)20-17)11-19-16-6-4-3-5-7-16/h8-10,16,19H,3-7,11H2,1-2H3,(H,20,21). The van der Waals surface area contributed by atoms with Crippen molar-refractivity contribution in [3.8, 4) is 0 Å². The second kappa shape index (κ2) is 6.02. The normalized spacial score (nSPS) is 16.5. The third-order valence-corrected chi connectivity index (χ3v) is 4.56. The summed E-state index contributed by atoms with van der Waals surface area (Å²) in [7, 11) is 0. The summed E-state index contributed by atoms with van der Waals surface area (Å²) in [4.78, 5) is 15.3. The Hall–Kier alpha value is -1.61. The summed E-state index contributed by atoms with van der Waals surface area (Å²) in [5, 5.41) is 4.68. The Labute approximate surface area is 125 Å². The highest BCUT2D eigenvalue weighted by atomic mass is 16.1. The van der Waals surface area contributed by atoms with Crippen LogP contribution in [0.25, 0.3) is 10.9 Å². The summed E-state index contributed by atoms with van der Waals surface area (Å²) in [5.74, 6) is 0. The second-order valence-electron chi connectivity index (χ2n) is 6.39. The summed E-state index contributed by atoms with van der Waals surface area (Å²) < 4.78 is 0. The van der Waals surface area contributed by atoms with E-state index < -0.39 is 0 Å². The molecule has 1 fully saturated rings. The maximum atomic E-state index is 12.2. The third kappa shape index (κ3) is 3.18. The predicted molar refractivity (Wildman–Crippen MR) is 87.8 cm³/mol. The molecule has 0 saturated heterocycles. The molecule has 0 aliphatic heterocycles. The van der Waals surface area contributed by atoms with E-state index >= 15 is 0 Å². The van der Waals surface area contributed by atoms with E-state index in [2.05, 4.69) is 29.4 Å². The van der Waals surface area contributed by atoms with Crippen LogP contribution in [0.15, 0.2) is 23.0 Å². The molecular weight excluding hydrogens is 260 g/mol. The maximum absolute atomic E-state index is 12.2. The van der Waals surface area contributed by atoms with Crippen molar-refractivity contribution < 1.29 is 0 Å². The summed E-state index contributed by atoms with van der Waals surface area (Å²) in [6, 6.07) is 6.87. The van der Waals surface area contributed by atoms with Crippen molar-refractivity contribution in [2.45, 2.75) is 58.5 Å². The van der Waals surface area contributed by atoms with Gasteiger partial charge in [0.2, 0.25) is 0 Å². The number of hydrogen-bond donors (Lipinski definition) is 2. The smallest absolute Gasteiger partial charge is 0.252 e. The Morgan fingerprint density at radius 3 is 2.67 bits per heavy atom. The van der Waals surface area contributed by atoms with Gasteiger partial charge in [-0.2, -0.15) is 0 Å². The molecule has 0 spiro atoms. The van der Waals surface area contributed by atoms with Crippen molar-refractivity contribution in [2.24, 2.45) is 0 Å². The lowest BCUT2D eigenvalue weighted by molar-refractivity contribution is 0.372. The van der Waals surface area contributed by atoms with Crippen LogP contribution in [0, 0.1) is 13.8 Å². The summed E-state index contributed by atoms with van der Waals surface area (Å²) in [6.45, 7) is 4.81. The van der Waals surface area contributed by atoms with Crippen molar-refractivity contribution in [1.82, 2.24) is 10.3 Å². The van der Waals surface area contributed by atoms with Gasteiger partial charge in [0.25, 0.3) is 5.56 Å². The molecule has 3 nitrogen and oxygen atoms in total. The van der Waals surface area contributed by atoms with Gasteiger partial charge in [0.15, 0.2) is 0 Å². The quantitative estimate of drug-likeness (QED) is 0.905. The monoisotopic (exact) mass is 284 g/mol. The molecule has 0 radical (unpaired) electrons. The molecule has 1 aliphatic rings. The molecule has 0 amide bonds. The fraction of sp³-hybridized carbons (Fsp3) is 0.500. The molecule has 1 aliphatic carbocycles. The van der Waals surface area contributed by atoms with Gasteiger partial charge in [-0.25, -0.2) is 0 Å². The van der Waals surface area contributed by atoms with E-state index in [1.807, 2.05) is 13.0 Å². The van der Waals surface area contributed by atoms with Gasteiger partial charge in [0.1, 0.15) is 0 Å². The van der Waals surface area contributed by atoms with Gasteiger partial charge in [-0.3, -0.25) is 4.79 Å². The number of benzene rings is 1. The van der Waals surface area contributed by atoms with Crippen LogP contribution in [0.4, 0.5) is 0 Å². The average molecular weight is 284 g/mol. The van der Waals surface area contributed by atoms with Gasteiger partial charge in [-0.15, -0.1) is 0 Å². The fourth-order valence-corrected chi connectivity index (χ4v) is 3.42. The number of aromatic nitrogens is 1. The Balaban J connectivity index is 1.84. The molecule has 1 aromatic carbocycles. The maximum Gasteiger partial charge on any atom is 0.252 e. The SMILES string of the molecule is Cc1cc(C)c2[nH]c(=O)c(CNC3CCCCC3)cc2c1. The van der Waals surface area contributed by atoms with Crippen molar-refractivity contribution in [3.63, 3.8) is 0 Å². The van der Waals surface area contributed by atoms with E-state index in [0.29, 0.717) is 12.6 Å². The lowest BCUT2D eigenvalue weighted by Gasteiger charge is -2.22. The highest BCUT2D eigenvalue weighted by Gasteiger charge is 2.13. The molecule has 1 heterocycles. The van der Waals surface area contributed by atoms with Crippen molar-refractivity contribution in [3.05, 3.63) is 45.2 Å². The molecule has 0 unspecified atom stereocenters. The first-order chi connectivity index (χ1) is 10.1. The van der Waals surface area contributed by atoms with Crippen LogP contribution in [0.1, 0.15) is 48.8 Å². The minimum atomic E-state index is 0.0396. The fourth-order valence-electron chi connectivity index (χ4n) is 3.42. The van der Waals surface area contributed by atoms with Crippen LogP contribution in [0.3, 0.4) is 0 Å². The molecule has 0 atom stereocenters. The van der Waals surface area contributed by atoms with Crippen LogP contribution >= 0.6 is 0 Å². The number of aryl methyl sites for hydroxylation is 2. The van der Waals surface area contributed by atoms with Gasteiger partial charge in [-0.05, 0) is 49.8 Å². The largest absolute Gasteiger partial charge is 0.321 e. The number of fused-ring (bicyclic) bond motifs is 1. The number of hydrogen-bond acceptors (Lipinski definition) is 2. The molecular formula is C18H24N2O. The van der Waals surface area contributed by atoms with Crippen molar-refractivity contribution in [2.75, 3.05) is 0 Å². The Bertz CT molecular complexity index is 696. The van der Waals surface area contributed by atoms with Crippen LogP contribution in [-0.2, 0) is 6.54 Å². The van der Waals surface area contributed by atoms with E-state index in [0.717, 1.165) is 22.0 Å². The molecule has 1 aromatic heterocycles. The van der Waals surface area contributed by atoms with Crippen LogP contribution < -0.4 is 10.9 Å². The van der Waals surface area contributed by atoms with Crippen molar-refractivity contribution in [1.29, 1.82) is 0 Å².